The second-order valence-corrected chi connectivity index (χ2v) is 5.38. The lowest BCUT2D eigenvalue weighted by atomic mass is 10.0. The number of benzene rings is 1. The molecule has 1 aliphatic rings. The first kappa shape index (κ1) is 13.7. The van der Waals surface area contributed by atoms with Gasteiger partial charge >= 0.3 is 0 Å². The first-order valence-corrected chi connectivity index (χ1v) is 7.09. The molecule has 0 spiro atoms. The summed E-state index contributed by atoms with van der Waals surface area (Å²) >= 11 is 4.31. The molecule has 1 atom stereocenters. The quantitative estimate of drug-likeness (QED) is 0.658. The van der Waals surface area contributed by atoms with Crippen molar-refractivity contribution >= 4 is 12.6 Å². The summed E-state index contributed by atoms with van der Waals surface area (Å²) in [6, 6.07) is 11.2. The van der Waals surface area contributed by atoms with E-state index < -0.39 is 0 Å². The highest BCUT2D eigenvalue weighted by Crippen LogP contribution is 2.25. The van der Waals surface area contributed by atoms with E-state index in [9.17, 15) is 0 Å². The molecule has 0 bridgehead atoms. The smallest absolute Gasteiger partial charge is 0.0479 e. The third kappa shape index (κ3) is 3.37. The highest BCUT2D eigenvalue weighted by atomic mass is 32.1. The van der Waals surface area contributed by atoms with E-state index in [0.717, 1.165) is 31.9 Å². The molecule has 2 nitrogen and oxygen atoms in total. The van der Waals surface area contributed by atoms with Crippen molar-refractivity contribution in [2.24, 2.45) is 0 Å². The van der Waals surface area contributed by atoms with Crippen LogP contribution in [0.4, 0.5) is 0 Å². The van der Waals surface area contributed by atoms with Gasteiger partial charge in [0.05, 0.1) is 0 Å². The van der Waals surface area contributed by atoms with Crippen LogP contribution in [-0.2, 0) is 0 Å². The standard InChI is InChI=1S/C15H22N2S/c1-13(12-18)10-17-9-8-16(2)11-15(17)14-6-4-3-5-7-14/h3-7,15,18H,1,8-12H2,2H3. The molecular formula is C15H22N2S. The van der Waals surface area contributed by atoms with E-state index in [4.69, 9.17) is 0 Å². The molecule has 0 saturated carbocycles. The Balaban J connectivity index is 2.13. The molecule has 18 heavy (non-hydrogen) atoms. The molecule has 1 aromatic carbocycles. The van der Waals surface area contributed by atoms with Crippen LogP contribution in [0, 0.1) is 0 Å². The zero-order valence-corrected chi connectivity index (χ0v) is 11.9. The van der Waals surface area contributed by atoms with Gasteiger partial charge in [0.2, 0.25) is 0 Å². The van der Waals surface area contributed by atoms with E-state index in [1.165, 1.54) is 11.1 Å². The molecule has 0 radical (unpaired) electrons. The van der Waals surface area contributed by atoms with Crippen LogP contribution in [0.25, 0.3) is 0 Å². The van der Waals surface area contributed by atoms with Gasteiger partial charge in [-0.25, -0.2) is 0 Å². The summed E-state index contributed by atoms with van der Waals surface area (Å²) in [5.41, 5.74) is 2.60. The summed E-state index contributed by atoms with van der Waals surface area (Å²) < 4.78 is 0. The van der Waals surface area contributed by atoms with Crippen LogP contribution < -0.4 is 0 Å². The number of nitrogens with zero attached hydrogens (tertiary/aromatic N) is 2. The summed E-state index contributed by atoms with van der Waals surface area (Å²) in [5.74, 6) is 0.772. The maximum Gasteiger partial charge on any atom is 0.0479 e. The topological polar surface area (TPSA) is 6.48 Å². The Labute approximate surface area is 116 Å². The van der Waals surface area contributed by atoms with Crippen molar-refractivity contribution in [3.63, 3.8) is 0 Å². The summed E-state index contributed by atoms with van der Waals surface area (Å²) in [7, 11) is 2.20. The van der Waals surface area contributed by atoms with Gasteiger partial charge in [0.15, 0.2) is 0 Å². The van der Waals surface area contributed by atoms with Crippen molar-refractivity contribution in [1.82, 2.24) is 9.80 Å². The molecule has 1 fully saturated rings. The minimum absolute atomic E-state index is 0.474. The van der Waals surface area contributed by atoms with Crippen molar-refractivity contribution in [3.8, 4) is 0 Å². The van der Waals surface area contributed by atoms with Gasteiger partial charge in [0.1, 0.15) is 0 Å². The van der Waals surface area contributed by atoms with Crippen molar-refractivity contribution in [1.29, 1.82) is 0 Å². The second-order valence-electron chi connectivity index (χ2n) is 5.07. The van der Waals surface area contributed by atoms with E-state index in [1.807, 2.05) is 0 Å². The average Bonchev–Trinajstić information content (AvgIpc) is 2.41. The fraction of sp³-hybridized carbons (Fsp3) is 0.467. The Kier molecular flexibility index (Phi) is 4.87. The van der Waals surface area contributed by atoms with Gasteiger partial charge < -0.3 is 4.90 Å². The zero-order valence-electron chi connectivity index (χ0n) is 11.0. The van der Waals surface area contributed by atoms with Crippen molar-refractivity contribution in [2.75, 3.05) is 39.0 Å². The van der Waals surface area contributed by atoms with Crippen LogP contribution in [0.2, 0.25) is 0 Å². The Morgan fingerprint density at radius 1 is 1.33 bits per heavy atom. The molecule has 1 aromatic rings. The number of hydrogen-bond acceptors (Lipinski definition) is 3. The largest absolute Gasteiger partial charge is 0.303 e. The molecule has 2 rings (SSSR count). The van der Waals surface area contributed by atoms with Crippen LogP contribution in [0.5, 0.6) is 0 Å². The molecular weight excluding hydrogens is 240 g/mol. The number of hydrogen-bond donors (Lipinski definition) is 1. The molecule has 0 N–H and O–H groups in total. The molecule has 1 aliphatic heterocycles. The van der Waals surface area contributed by atoms with Crippen molar-refractivity contribution < 1.29 is 0 Å². The molecule has 0 amide bonds. The maximum atomic E-state index is 4.31. The Hall–Kier alpha value is -0.770. The van der Waals surface area contributed by atoms with Gasteiger partial charge in [-0.15, -0.1) is 0 Å². The molecule has 0 aromatic heterocycles. The number of likely N-dealkylation sites (N-methyl/N-ethyl adjacent to an activating group) is 1. The van der Waals surface area contributed by atoms with E-state index in [2.05, 4.69) is 66.4 Å². The molecule has 1 heterocycles. The Morgan fingerprint density at radius 3 is 2.72 bits per heavy atom. The van der Waals surface area contributed by atoms with Gasteiger partial charge in [-0.05, 0) is 12.6 Å². The van der Waals surface area contributed by atoms with E-state index >= 15 is 0 Å². The average molecular weight is 262 g/mol. The highest BCUT2D eigenvalue weighted by Gasteiger charge is 2.26. The van der Waals surface area contributed by atoms with Crippen molar-refractivity contribution in [3.05, 3.63) is 48.0 Å². The normalized spacial score (nSPS) is 22.0. The van der Waals surface area contributed by atoms with Gasteiger partial charge in [-0.2, -0.15) is 12.6 Å². The molecule has 1 unspecified atom stereocenters. The minimum atomic E-state index is 0.474. The monoisotopic (exact) mass is 262 g/mol. The lowest BCUT2D eigenvalue weighted by molar-refractivity contribution is 0.0989. The predicted molar refractivity (Wildman–Crippen MR) is 81.2 cm³/mol. The number of rotatable bonds is 4. The van der Waals surface area contributed by atoms with Crippen LogP contribution in [0.1, 0.15) is 11.6 Å². The maximum absolute atomic E-state index is 4.31. The van der Waals surface area contributed by atoms with Gasteiger partial charge in [0.25, 0.3) is 0 Å². The van der Waals surface area contributed by atoms with Crippen LogP contribution in [0.3, 0.4) is 0 Å². The van der Waals surface area contributed by atoms with Crippen LogP contribution >= 0.6 is 12.6 Å². The number of piperazine rings is 1. The summed E-state index contributed by atoms with van der Waals surface area (Å²) in [6.45, 7) is 8.35. The van der Waals surface area contributed by atoms with Gasteiger partial charge in [-0.1, -0.05) is 42.5 Å². The highest BCUT2D eigenvalue weighted by molar-refractivity contribution is 7.80. The second kappa shape index (κ2) is 6.41. The van der Waals surface area contributed by atoms with Gasteiger partial charge in [-0.3, -0.25) is 4.90 Å². The van der Waals surface area contributed by atoms with Gasteiger partial charge in [0, 0.05) is 38.0 Å². The Bertz CT molecular complexity index is 391. The summed E-state index contributed by atoms with van der Waals surface area (Å²) in [4.78, 5) is 4.92. The molecule has 98 valence electrons. The van der Waals surface area contributed by atoms with E-state index in [1.54, 1.807) is 0 Å². The molecule has 0 aliphatic carbocycles. The first-order chi connectivity index (χ1) is 8.70. The molecule has 1 saturated heterocycles. The van der Waals surface area contributed by atoms with Crippen LogP contribution in [0.15, 0.2) is 42.5 Å². The van der Waals surface area contributed by atoms with Crippen molar-refractivity contribution in [2.45, 2.75) is 6.04 Å². The Morgan fingerprint density at radius 2 is 2.06 bits per heavy atom. The third-order valence-corrected chi connectivity index (χ3v) is 3.98. The van der Waals surface area contributed by atoms with Crippen LogP contribution in [-0.4, -0.2) is 48.8 Å². The van der Waals surface area contributed by atoms with E-state index in [0.29, 0.717) is 6.04 Å². The molecule has 3 heteroatoms. The zero-order chi connectivity index (χ0) is 13.0. The predicted octanol–water partition coefficient (Wildman–Crippen LogP) is 2.46. The SMILES string of the molecule is C=C(CS)CN1CCN(C)CC1c1ccccc1. The summed E-state index contributed by atoms with van der Waals surface area (Å²) in [5, 5.41) is 0. The fourth-order valence-corrected chi connectivity index (χ4v) is 2.57. The third-order valence-electron chi connectivity index (χ3n) is 3.53. The fourth-order valence-electron chi connectivity index (χ4n) is 2.47. The first-order valence-electron chi connectivity index (χ1n) is 6.45. The van der Waals surface area contributed by atoms with E-state index in [-0.39, 0.29) is 0 Å². The lowest BCUT2D eigenvalue weighted by Gasteiger charge is -2.40. The number of thiol groups is 1. The lowest BCUT2D eigenvalue weighted by Crippen LogP contribution is -2.47. The summed E-state index contributed by atoms with van der Waals surface area (Å²) in [6.07, 6.45) is 0. The minimum Gasteiger partial charge on any atom is -0.303 e.